The van der Waals surface area contributed by atoms with Gasteiger partial charge in [0, 0.05) is 36.2 Å². The Labute approximate surface area is 125 Å². The van der Waals surface area contributed by atoms with Crippen molar-refractivity contribution in [1.29, 1.82) is 0 Å². The zero-order chi connectivity index (χ0) is 14.8. The lowest BCUT2D eigenvalue weighted by atomic mass is 10.2. The van der Waals surface area contributed by atoms with Gasteiger partial charge >= 0.3 is 0 Å². The number of carbonyl (C=O) groups excluding carboxylic acids is 1. The van der Waals surface area contributed by atoms with Crippen molar-refractivity contribution in [1.82, 2.24) is 20.1 Å². The van der Waals surface area contributed by atoms with E-state index in [1.807, 2.05) is 25.3 Å². The number of hydrogen-bond donors (Lipinski definition) is 2. The maximum atomic E-state index is 12.3. The lowest BCUT2D eigenvalue weighted by molar-refractivity contribution is 0.0941. The van der Waals surface area contributed by atoms with Crippen LogP contribution in [0.5, 0.6) is 0 Å². The fourth-order valence-corrected chi connectivity index (χ4v) is 3.16. The van der Waals surface area contributed by atoms with Crippen LogP contribution in [0, 0.1) is 0 Å². The van der Waals surface area contributed by atoms with Crippen LogP contribution in [0.15, 0.2) is 36.9 Å². The van der Waals surface area contributed by atoms with Crippen molar-refractivity contribution >= 4 is 33.0 Å². The molecule has 1 unspecified atom stereocenters. The number of thiophene rings is 1. The van der Waals surface area contributed by atoms with Gasteiger partial charge in [-0.3, -0.25) is 14.5 Å². The Hall–Kier alpha value is -2.41. The van der Waals surface area contributed by atoms with Gasteiger partial charge in [0.05, 0.1) is 16.9 Å². The summed E-state index contributed by atoms with van der Waals surface area (Å²) in [4.78, 5) is 16.9. The van der Waals surface area contributed by atoms with Crippen LogP contribution in [-0.2, 0) is 6.54 Å². The molecule has 0 saturated carbocycles. The summed E-state index contributed by atoms with van der Waals surface area (Å²) in [5.74, 6) is -0.159. The third kappa shape index (κ3) is 2.73. The summed E-state index contributed by atoms with van der Waals surface area (Å²) in [5.41, 5.74) is 6.57. The number of pyridine rings is 1. The van der Waals surface area contributed by atoms with Crippen molar-refractivity contribution in [3.8, 4) is 0 Å². The summed E-state index contributed by atoms with van der Waals surface area (Å²) in [6.45, 7) is 2.55. The number of nitrogens with two attached hydrogens (primary N) is 1. The Morgan fingerprint density at radius 3 is 3.10 bits per heavy atom. The highest BCUT2D eigenvalue weighted by atomic mass is 32.1. The van der Waals surface area contributed by atoms with Gasteiger partial charge in [0.15, 0.2) is 0 Å². The Morgan fingerprint density at radius 1 is 1.52 bits per heavy atom. The number of fused-ring (bicyclic) bond motifs is 1. The highest BCUT2D eigenvalue weighted by molar-refractivity contribution is 7.21. The first kappa shape index (κ1) is 13.6. The Kier molecular flexibility index (Phi) is 3.57. The van der Waals surface area contributed by atoms with E-state index in [2.05, 4.69) is 15.4 Å². The van der Waals surface area contributed by atoms with Gasteiger partial charge in [-0.25, -0.2) is 0 Å². The van der Waals surface area contributed by atoms with Crippen LogP contribution in [-0.4, -0.2) is 26.7 Å². The summed E-state index contributed by atoms with van der Waals surface area (Å²) in [6.07, 6.45) is 6.97. The molecule has 3 aromatic heterocycles. The molecule has 3 aromatic rings. The SMILES string of the molecule is CC(Cn1cccn1)NC(=O)c1sc2cnccc2c1N. The predicted octanol–water partition coefficient (Wildman–Crippen LogP) is 1.89. The first-order valence-corrected chi connectivity index (χ1v) is 7.37. The molecule has 7 heteroatoms. The number of rotatable bonds is 4. The molecule has 0 aliphatic heterocycles. The quantitative estimate of drug-likeness (QED) is 0.770. The fraction of sp³-hybridized carbons (Fsp3) is 0.214. The molecular weight excluding hydrogens is 286 g/mol. The zero-order valence-electron chi connectivity index (χ0n) is 11.5. The highest BCUT2D eigenvalue weighted by Crippen LogP contribution is 2.32. The minimum absolute atomic E-state index is 0.0415. The van der Waals surface area contributed by atoms with Crippen LogP contribution in [0.25, 0.3) is 10.1 Å². The van der Waals surface area contributed by atoms with Crippen LogP contribution in [0.3, 0.4) is 0 Å². The number of nitrogen functional groups attached to an aromatic ring is 1. The van der Waals surface area contributed by atoms with E-state index in [0.29, 0.717) is 17.1 Å². The summed E-state index contributed by atoms with van der Waals surface area (Å²) >= 11 is 1.36. The minimum atomic E-state index is -0.159. The van der Waals surface area contributed by atoms with Crippen LogP contribution in [0.4, 0.5) is 5.69 Å². The highest BCUT2D eigenvalue weighted by Gasteiger charge is 2.18. The molecular formula is C14H15N5OS. The van der Waals surface area contributed by atoms with Gasteiger partial charge in [0.2, 0.25) is 0 Å². The molecule has 0 spiro atoms. The first-order chi connectivity index (χ1) is 10.1. The lowest BCUT2D eigenvalue weighted by Gasteiger charge is -2.13. The van der Waals surface area contributed by atoms with Crippen molar-refractivity contribution in [3.05, 3.63) is 41.8 Å². The van der Waals surface area contributed by atoms with Crippen molar-refractivity contribution in [2.24, 2.45) is 0 Å². The number of aromatic nitrogens is 3. The molecule has 1 amide bonds. The zero-order valence-corrected chi connectivity index (χ0v) is 12.3. The molecule has 6 nitrogen and oxygen atoms in total. The normalized spacial score (nSPS) is 12.4. The molecule has 0 fully saturated rings. The maximum Gasteiger partial charge on any atom is 0.263 e. The van der Waals surface area contributed by atoms with Gasteiger partial charge in [-0.05, 0) is 19.1 Å². The van der Waals surface area contributed by atoms with E-state index in [1.165, 1.54) is 11.3 Å². The van der Waals surface area contributed by atoms with Crippen molar-refractivity contribution in [2.45, 2.75) is 19.5 Å². The molecule has 0 aliphatic rings. The second-order valence-corrected chi connectivity index (χ2v) is 5.87. The summed E-state index contributed by atoms with van der Waals surface area (Å²) in [7, 11) is 0. The van der Waals surface area contributed by atoms with E-state index in [9.17, 15) is 4.79 Å². The number of hydrogen-bond acceptors (Lipinski definition) is 5. The third-order valence-corrected chi connectivity index (χ3v) is 4.29. The summed E-state index contributed by atoms with van der Waals surface area (Å²) < 4.78 is 2.70. The van der Waals surface area contributed by atoms with Gasteiger partial charge in [0.1, 0.15) is 4.88 Å². The van der Waals surface area contributed by atoms with E-state index in [-0.39, 0.29) is 11.9 Å². The smallest absolute Gasteiger partial charge is 0.263 e. The number of nitrogens with one attached hydrogen (secondary N) is 1. The van der Waals surface area contributed by atoms with Crippen LogP contribution < -0.4 is 11.1 Å². The second kappa shape index (κ2) is 5.53. The number of anilines is 1. The topological polar surface area (TPSA) is 85.8 Å². The molecule has 0 radical (unpaired) electrons. The monoisotopic (exact) mass is 301 g/mol. The van der Waals surface area contributed by atoms with Gasteiger partial charge in [-0.15, -0.1) is 11.3 Å². The molecule has 0 bridgehead atoms. The summed E-state index contributed by atoms with van der Waals surface area (Å²) in [5, 5.41) is 7.94. The third-order valence-electron chi connectivity index (χ3n) is 3.14. The Bertz CT molecular complexity index is 765. The molecule has 3 N–H and O–H groups in total. The maximum absolute atomic E-state index is 12.3. The number of carbonyl (C=O) groups is 1. The molecule has 3 heterocycles. The molecule has 108 valence electrons. The van der Waals surface area contributed by atoms with Crippen molar-refractivity contribution < 1.29 is 4.79 Å². The molecule has 0 aromatic carbocycles. The second-order valence-electron chi connectivity index (χ2n) is 4.82. The van der Waals surface area contributed by atoms with Crippen molar-refractivity contribution in [3.63, 3.8) is 0 Å². The van der Waals surface area contributed by atoms with Crippen LogP contribution >= 0.6 is 11.3 Å². The van der Waals surface area contributed by atoms with Gasteiger partial charge < -0.3 is 11.1 Å². The molecule has 0 aliphatic carbocycles. The van der Waals surface area contributed by atoms with Gasteiger partial charge in [0.25, 0.3) is 5.91 Å². The lowest BCUT2D eigenvalue weighted by Crippen LogP contribution is -2.35. The number of nitrogens with zero attached hydrogens (tertiary/aromatic N) is 3. The molecule has 21 heavy (non-hydrogen) atoms. The Morgan fingerprint density at radius 2 is 2.38 bits per heavy atom. The van der Waals surface area contributed by atoms with E-state index < -0.39 is 0 Å². The first-order valence-electron chi connectivity index (χ1n) is 6.55. The van der Waals surface area contributed by atoms with Gasteiger partial charge in [-0.1, -0.05) is 0 Å². The van der Waals surface area contributed by atoms with Crippen LogP contribution in [0.1, 0.15) is 16.6 Å². The Balaban J connectivity index is 1.76. The van der Waals surface area contributed by atoms with Gasteiger partial charge in [-0.2, -0.15) is 5.10 Å². The minimum Gasteiger partial charge on any atom is -0.397 e. The largest absolute Gasteiger partial charge is 0.397 e. The molecule has 3 rings (SSSR count). The average Bonchev–Trinajstić information content (AvgIpc) is 3.07. The standard InChI is InChI=1S/C14H15N5OS/c1-9(8-19-6-2-4-17-19)18-14(20)13-12(15)10-3-5-16-7-11(10)21-13/h2-7,9H,8,15H2,1H3,(H,18,20). The molecule has 0 saturated heterocycles. The molecule has 1 atom stereocenters. The van der Waals surface area contributed by atoms with E-state index in [0.717, 1.165) is 10.1 Å². The fourth-order valence-electron chi connectivity index (χ4n) is 2.16. The number of amides is 1. The predicted molar refractivity (Wildman–Crippen MR) is 83.2 cm³/mol. The van der Waals surface area contributed by atoms with Crippen LogP contribution in [0.2, 0.25) is 0 Å². The van der Waals surface area contributed by atoms with Crippen molar-refractivity contribution in [2.75, 3.05) is 5.73 Å². The van der Waals surface area contributed by atoms with E-state index >= 15 is 0 Å². The van der Waals surface area contributed by atoms with E-state index in [4.69, 9.17) is 5.73 Å². The van der Waals surface area contributed by atoms with E-state index in [1.54, 1.807) is 23.3 Å². The average molecular weight is 301 g/mol. The summed E-state index contributed by atoms with van der Waals surface area (Å²) in [6, 6.07) is 3.64.